The van der Waals surface area contributed by atoms with Gasteiger partial charge >= 0.3 is 5.97 Å². The summed E-state index contributed by atoms with van der Waals surface area (Å²) in [5.41, 5.74) is 1.66. The smallest absolute Gasteiger partial charge is 0.337 e. The Hall–Kier alpha value is -3.13. The number of methoxy groups -OCH3 is 3. The molecular weight excluding hydrogens is 380 g/mol. The van der Waals surface area contributed by atoms with Gasteiger partial charge in [-0.2, -0.15) is 4.99 Å². The van der Waals surface area contributed by atoms with Crippen LogP contribution in [0.25, 0.3) is 10.2 Å². The van der Waals surface area contributed by atoms with E-state index >= 15 is 0 Å². The lowest BCUT2D eigenvalue weighted by Gasteiger charge is -2.07. The molecule has 0 fully saturated rings. The minimum Gasteiger partial charge on any atom is -0.497 e. The molecule has 146 valence electrons. The summed E-state index contributed by atoms with van der Waals surface area (Å²) in [4.78, 5) is 29.5. The minimum atomic E-state index is -0.433. The summed E-state index contributed by atoms with van der Waals surface area (Å²) in [5, 5.41) is 0. The molecule has 0 aliphatic carbocycles. The topological polar surface area (TPSA) is 79.1 Å². The molecule has 0 spiro atoms. The Morgan fingerprint density at radius 1 is 1.07 bits per heavy atom. The lowest BCUT2D eigenvalue weighted by atomic mass is 10.2. The number of nitrogens with zero attached hydrogens (tertiary/aromatic N) is 2. The van der Waals surface area contributed by atoms with Gasteiger partial charge in [0.25, 0.3) is 5.91 Å². The molecule has 1 heterocycles. The predicted molar refractivity (Wildman–Crippen MR) is 106 cm³/mol. The van der Waals surface area contributed by atoms with E-state index in [1.54, 1.807) is 30.3 Å². The average molecular weight is 400 g/mol. The maximum absolute atomic E-state index is 12.8. The summed E-state index contributed by atoms with van der Waals surface area (Å²) in [6, 6.07) is 10.3. The van der Waals surface area contributed by atoms with Crippen LogP contribution in [0.4, 0.5) is 0 Å². The molecular formula is C20H20N2O5S. The van der Waals surface area contributed by atoms with Crippen molar-refractivity contribution in [1.29, 1.82) is 0 Å². The first-order chi connectivity index (χ1) is 13.5. The van der Waals surface area contributed by atoms with Crippen LogP contribution < -0.4 is 14.3 Å². The zero-order chi connectivity index (χ0) is 20.3. The Morgan fingerprint density at radius 2 is 1.86 bits per heavy atom. The fourth-order valence-corrected chi connectivity index (χ4v) is 3.97. The quantitative estimate of drug-likeness (QED) is 0.614. The summed E-state index contributed by atoms with van der Waals surface area (Å²) in [5.74, 6) is 0.125. The number of carbonyl (C=O) groups is 2. The number of amides is 1. The van der Waals surface area contributed by atoms with Gasteiger partial charge in [-0.25, -0.2) is 4.79 Å². The van der Waals surface area contributed by atoms with Crippen LogP contribution in [0.3, 0.4) is 0 Å². The van der Waals surface area contributed by atoms with Crippen LogP contribution in [0, 0.1) is 0 Å². The average Bonchev–Trinajstić information content (AvgIpc) is 3.08. The van der Waals surface area contributed by atoms with Gasteiger partial charge in [-0.15, -0.1) is 0 Å². The SMILES string of the molecule is CCn1c(=NC(=O)c2cc(OC)ccc2OC)sc2cc(C(=O)OC)ccc21. The van der Waals surface area contributed by atoms with Gasteiger partial charge in [0.15, 0.2) is 4.80 Å². The van der Waals surface area contributed by atoms with Crippen LogP contribution in [0.2, 0.25) is 0 Å². The molecule has 1 amide bonds. The summed E-state index contributed by atoms with van der Waals surface area (Å²) in [6.45, 7) is 2.59. The van der Waals surface area contributed by atoms with Crippen molar-refractivity contribution in [2.24, 2.45) is 4.99 Å². The monoisotopic (exact) mass is 400 g/mol. The van der Waals surface area contributed by atoms with Gasteiger partial charge in [0.05, 0.1) is 42.7 Å². The van der Waals surface area contributed by atoms with E-state index in [0.717, 1.165) is 10.2 Å². The van der Waals surface area contributed by atoms with E-state index in [2.05, 4.69) is 4.99 Å². The summed E-state index contributed by atoms with van der Waals surface area (Å²) >= 11 is 1.33. The zero-order valence-corrected chi connectivity index (χ0v) is 16.8. The number of carbonyl (C=O) groups excluding carboxylic acids is 2. The van der Waals surface area contributed by atoms with E-state index in [1.807, 2.05) is 17.6 Å². The standard InChI is InChI=1S/C20H20N2O5S/c1-5-22-15-8-6-12(19(24)27-4)10-17(15)28-20(22)21-18(23)14-11-13(25-2)7-9-16(14)26-3/h6-11H,5H2,1-4H3. The fraction of sp³-hybridized carbons (Fsp3) is 0.250. The fourth-order valence-electron chi connectivity index (χ4n) is 2.84. The van der Waals surface area contributed by atoms with E-state index in [0.29, 0.717) is 34.0 Å². The molecule has 1 aromatic heterocycles. The van der Waals surface area contributed by atoms with Crippen molar-refractivity contribution >= 4 is 33.4 Å². The molecule has 0 atom stereocenters. The highest BCUT2D eigenvalue weighted by atomic mass is 32.1. The molecule has 3 rings (SSSR count). The van der Waals surface area contributed by atoms with Crippen LogP contribution in [0.1, 0.15) is 27.6 Å². The molecule has 0 saturated carbocycles. The molecule has 8 heteroatoms. The van der Waals surface area contributed by atoms with E-state index in [1.165, 1.54) is 32.7 Å². The van der Waals surface area contributed by atoms with Crippen molar-refractivity contribution in [2.75, 3.05) is 21.3 Å². The van der Waals surface area contributed by atoms with Crippen LogP contribution in [0.15, 0.2) is 41.4 Å². The Morgan fingerprint density at radius 3 is 2.50 bits per heavy atom. The molecule has 0 N–H and O–H groups in total. The second kappa shape index (κ2) is 8.26. The van der Waals surface area contributed by atoms with Gasteiger partial charge in [0.1, 0.15) is 11.5 Å². The third kappa shape index (κ3) is 3.63. The molecule has 0 aliphatic rings. The molecule has 2 aromatic carbocycles. The maximum atomic E-state index is 12.8. The number of ether oxygens (including phenoxy) is 3. The van der Waals surface area contributed by atoms with Crippen molar-refractivity contribution < 1.29 is 23.8 Å². The highest BCUT2D eigenvalue weighted by Gasteiger charge is 2.15. The molecule has 7 nitrogen and oxygen atoms in total. The molecule has 3 aromatic rings. The van der Waals surface area contributed by atoms with Gasteiger partial charge in [-0.1, -0.05) is 11.3 Å². The van der Waals surface area contributed by atoms with E-state index in [4.69, 9.17) is 14.2 Å². The number of aromatic nitrogens is 1. The van der Waals surface area contributed by atoms with E-state index in [-0.39, 0.29) is 0 Å². The lowest BCUT2D eigenvalue weighted by molar-refractivity contribution is 0.0600. The summed E-state index contributed by atoms with van der Waals surface area (Å²) < 4.78 is 18.0. The van der Waals surface area contributed by atoms with Gasteiger partial charge in [-0.05, 0) is 43.3 Å². The van der Waals surface area contributed by atoms with Crippen LogP contribution in [-0.4, -0.2) is 37.8 Å². The van der Waals surface area contributed by atoms with Crippen molar-refractivity contribution in [1.82, 2.24) is 4.57 Å². The Bertz CT molecular complexity index is 1110. The number of hydrogen-bond acceptors (Lipinski definition) is 6. The van der Waals surface area contributed by atoms with Crippen molar-refractivity contribution in [3.8, 4) is 11.5 Å². The van der Waals surface area contributed by atoms with Gasteiger partial charge < -0.3 is 18.8 Å². The van der Waals surface area contributed by atoms with Gasteiger partial charge in [0, 0.05) is 6.54 Å². The van der Waals surface area contributed by atoms with Crippen molar-refractivity contribution in [3.05, 3.63) is 52.3 Å². The number of rotatable bonds is 5. The highest BCUT2D eigenvalue weighted by molar-refractivity contribution is 7.16. The Balaban J connectivity index is 2.13. The number of hydrogen-bond donors (Lipinski definition) is 0. The van der Waals surface area contributed by atoms with Crippen LogP contribution in [-0.2, 0) is 11.3 Å². The van der Waals surface area contributed by atoms with E-state index in [9.17, 15) is 9.59 Å². The van der Waals surface area contributed by atoms with E-state index < -0.39 is 11.9 Å². The second-order valence-electron chi connectivity index (χ2n) is 5.79. The highest BCUT2D eigenvalue weighted by Crippen LogP contribution is 2.25. The molecule has 28 heavy (non-hydrogen) atoms. The van der Waals surface area contributed by atoms with Crippen molar-refractivity contribution in [3.63, 3.8) is 0 Å². The molecule has 0 saturated heterocycles. The predicted octanol–water partition coefficient (Wildman–Crippen LogP) is 3.27. The molecule has 0 radical (unpaired) electrons. The number of benzene rings is 2. The Labute approximate surface area is 165 Å². The first-order valence-corrected chi connectivity index (χ1v) is 9.36. The van der Waals surface area contributed by atoms with Gasteiger partial charge in [0.2, 0.25) is 0 Å². The van der Waals surface area contributed by atoms with Crippen molar-refractivity contribution in [2.45, 2.75) is 13.5 Å². The maximum Gasteiger partial charge on any atom is 0.337 e. The zero-order valence-electron chi connectivity index (χ0n) is 16.0. The van der Waals surface area contributed by atoms with Crippen LogP contribution in [0.5, 0.6) is 11.5 Å². The summed E-state index contributed by atoms with van der Waals surface area (Å²) in [7, 11) is 4.37. The largest absolute Gasteiger partial charge is 0.497 e. The van der Waals surface area contributed by atoms with Gasteiger partial charge in [-0.3, -0.25) is 4.79 Å². The number of fused-ring (bicyclic) bond motifs is 1. The first-order valence-electron chi connectivity index (χ1n) is 8.55. The number of thiazole rings is 1. The third-order valence-electron chi connectivity index (χ3n) is 4.25. The second-order valence-corrected chi connectivity index (χ2v) is 6.80. The third-order valence-corrected chi connectivity index (χ3v) is 5.30. The number of esters is 1. The molecule has 0 unspecified atom stereocenters. The van der Waals surface area contributed by atoms with Crippen LogP contribution >= 0.6 is 11.3 Å². The Kier molecular flexibility index (Phi) is 5.79. The lowest BCUT2D eigenvalue weighted by Crippen LogP contribution is -2.16. The molecule has 0 bridgehead atoms. The summed E-state index contributed by atoms with van der Waals surface area (Å²) in [6.07, 6.45) is 0. The molecule has 0 aliphatic heterocycles. The number of aryl methyl sites for hydroxylation is 1. The first kappa shape index (κ1) is 19.6. The normalized spacial score (nSPS) is 11.5. The minimum absolute atomic E-state index is 0.317.